The summed E-state index contributed by atoms with van der Waals surface area (Å²) in [6, 6.07) is 11.6. The first-order valence-corrected chi connectivity index (χ1v) is 15.4. The number of hydrogen-bond acceptors (Lipinski definition) is 8. The molecular weight excluding hydrogens is 576 g/mol. The van der Waals surface area contributed by atoms with Crippen LogP contribution in [0.4, 0.5) is 17.5 Å². The number of thiophene rings is 1. The summed E-state index contributed by atoms with van der Waals surface area (Å²) in [5.41, 5.74) is 2.64. The third-order valence-corrected chi connectivity index (χ3v) is 9.66. The molecule has 12 heteroatoms. The van der Waals surface area contributed by atoms with Crippen LogP contribution < -0.4 is 15.5 Å². The summed E-state index contributed by atoms with van der Waals surface area (Å²) in [7, 11) is -3.19. The first kappa shape index (κ1) is 27.5. The molecule has 198 valence electrons. The van der Waals surface area contributed by atoms with Gasteiger partial charge in [0.1, 0.15) is 5.82 Å². The fourth-order valence-electron chi connectivity index (χ4n) is 4.05. The summed E-state index contributed by atoms with van der Waals surface area (Å²) in [6.45, 7) is 6.36. The number of aryl methyl sites for hydroxylation is 1. The van der Waals surface area contributed by atoms with E-state index in [0.717, 1.165) is 26.3 Å². The number of carbonyl (C=O) groups excluding carboxylic acids is 1. The van der Waals surface area contributed by atoms with E-state index in [1.807, 2.05) is 60.5 Å². The molecule has 3 heterocycles. The Morgan fingerprint density at radius 1 is 1.11 bits per heavy atom. The van der Waals surface area contributed by atoms with Crippen LogP contribution in [0.15, 0.2) is 46.3 Å². The number of nitrogens with one attached hydrogen (secondary N) is 2. The summed E-state index contributed by atoms with van der Waals surface area (Å²) in [4.78, 5) is 24.6. The second-order valence-electron chi connectivity index (χ2n) is 8.90. The number of aromatic nitrogens is 2. The Hall–Kier alpha value is -2.54. The van der Waals surface area contributed by atoms with Gasteiger partial charge in [-0.05, 0) is 53.0 Å². The zero-order valence-corrected chi connectivity index (χ0v) is 24.1. The molecule has 0 bridgehead atoms. The van der Waals surface area contributed by atoms with Gasteiger partial charge < -0.3 is 15.5 Å². The van der Waals surface area contributed by atoms with E-state index in [2.05, 4.69) is 36.5 Å². The Labute approximate surface area is 230 Å². The highest BCUT2D eigenvalue weighted by molar-refractivity contribution is 9.10. The predicted molar refractivity (Wildman–Crippen MR) is 153 cm³/mol. The molecule has 2 N–H and O–H groups in total. The fourth-order valence-corrected chi connectivity index (χ4v) is 6.99. The molecule has 2 aromatic heterocycles. The van der Waals surface area contributed by atoms with E-state index in [-0.39, 0.29) is 11.7 Å². The van der Waals surface area contributed by atoms with Gasteiger partial charge in [-0.1, -0.05) is 19.1 Å². The summed E-state index contributed by atoms with van der Waals surface area (Å²) in [5.74, 6) is 1.45. The lowest BCUT2D eigenvalue weighted by atomic mass is 10.2. The van der Waals surface area contributed by atoms with Crippen molar-refractivity contribution in [3.8, 4) is 0 Å². The third-order valence-electron chi connectivity index (χ3n) is 5.89. The van der Waals surface area contributed by atoms with Crippen LogP contribution in [0, 0.1) is 6.92 Å². The maximum Gasteiger partial charge on any atom is 0.229 e. The minimum atomic E-state index is -3.19. The van der Waals surface area contributed by atoms with E-state index in [0.29, 0.717) is 57.3 Å². The zero-order valence-electron chi connectivity index (χ0n) is 20.9. The molecule has 9 nitrogen and oxygen atoms in total. The number of halogens is 1. The van der Waals surface area contributed by atoms with Gasteiger partial charge in [-0.15, -0.1) is 11.3 Å². The van der Waals surface area contributed by atoms with Gasteiger partial charge in [0.05, 0.1) is 12.2 Å². The van der Waals surface area contributed by atoms with E-state index in [4.69, 9.17) is 0 Å². The molecular formula is C25H31BrN6O3S2. The van der Waals surface area contributed by atoms with Crippen LogP contribution in [0.5, 0.6) is 0 Å². The molecule has 1 fully saturated rings. The molecule has 1 aliphatic rings. The second kappa shape index (κ2) is 12.3. The smallest absolute Gasteiger partial charge is 0.229 e. The van der Waals surface area contributed by atoms with Crippen molar-refractivity contribution in [3.05, 3.63) is 62.4 Å². The quantitative estimate of drug-likeness (QED) is 0.355. The van der Waals surface area contributed by atoms with E-state index in [9.17, 15) is 13.2 Å². The number of anilines is 3. The van der Waals surface area contributed by atoms with E-state index in [1.165, 1.54) is 0 Å². The van der Waals surface area contributed by atoms with E-state index >= 15 is 0 Å². The Morgan fingerprint density at radius 3 is 2.49 bits per heavy atom. The van der Waals surface area contributed by atoms with E-state index < -0.39 is 10.0 Å². The average Bonchev–Trinajstić information content (AvgIpc) is 3.27. The van der Waals surface area contributed by atoms with Gasteiger partial charge in [-0.25, -0.2) is 13.4 Å². The standard InChI is InChI=1S/C25H31BrN6O3S2/c1-3-12-37(34,35)32-10-8-31(9-11-32)25-28-18(2)13-23(30-25)27-16-19-4-6-21(7-5-19)29-24(33)15-22-14-20(26)17-36-22/h4-7,13-14,17H,3,8-12,15-16H2,1-2H3,(H,29,33)(H,27,28,30). The summed E-state index contributed by atoms with van der Waals surface area (Å²) in [5, 5.41) is 8.25. The largest absolute Gasteiger partial charge is 0.366 e. The van der Waals surface area contributed by atoms with Gasteiger partial charge in [0.2, 0.25) is 21.9 Å². The Morgan fingerprint density at radius 2 is 1.84 bits per heavy atom. The Bertz CT molecular complexity index is 1320. The van der Waals surface area contributed by atoms with Crippen LogP contribution >= 0.6 is 27.3 Å². The molecule has 1 aromatic carbocycles. The normalized spacial score (nSPS) is 14.5. The van der Waals surface area contributed by atoms with Crippen molar-refractivity contribution in [3.63, 3.8) is 0 Å². The Balaban J connectivity index is 1.30. The molecule has 37 heavy (non-hydrogen) atoms. The van der Waals surface area contributed by atoms with Crippen LogP contribution in [-0.2, 0) is 27.8 Å². The molecule has 1 aliphatic heterocycles. The molecule has 0 aliphatic carbocycles. The minimum Gasteiger partial charge on any atom is -0.366 e. The van der Waals surface area contributed by atoms with Crippen molar-refractivity contribution in [2.75, 3.05) is 47.5 Å². The topological polar surface area (TPSA) is 108 Å². The lowest BCUT2D eigenvalue weighted by Crippen LogP contribution is -2.49. The molecule has 0 spiro atoms. The van der Waals surface area contributed by atoms with Crippen LogP contribution in [0.25, 0.3) is 0 Å². The Kier molecular flexibility index (Phi) is 9.17. The SMILES string of the molecule is CCCS(=O)(=O)N1CCN(c2nc(C)cc(NCc3ccc(NC(=O)Cc4cc(Br)cs4)cc3)n2)CC1. The number of carbonyl (C=O) groups is 1. The molecule has 0 saturated carbocycles. The summed E-state index contributed by atoms with van der Waals surface area (Å²) < 4.78 is 27.3. The number of hydrogen-bond donors (Lipinski definition) is 2. The van der Waals surface area contributed by atoms with Gasteiger partial charge in [-0.3, -0.25) is 4.79 Å². The molecule has 1 saturated heterocycles. The maximum absolute atomic E-state index is 12.3. The number of piperazine rings is 1. The highest BCUT2D eigenvalue weighted by Crippen LogP contribution is 2.21. The van der Waals surface area contributed by atoms with Gasteiger partial charge >= 0.3 is 0 Å². The first-order chi connectivity index (χ1) is 17.7. The molecule has 0 unspecified atom stereocenters. The molecule has 0 atom stereocenters. The zero-order chi connectivity index (χ0) is 26.4. The molecule has 4 rings (SSSR count). The van der Waals surface area contributed by atoms with Gasteiger partial charge in [0.15, 0.2) is 0 Å². The molecule has 0 radical (unpaired) electrons. The minimum absolute atomic E-state index is 0.0481. The van der Waals surface area contributed by atoms with Gasteiger partial charge in [-0.2, -0.15) is 9.29 Å². The predicted octanol–water partition coefficient (Wildman–Crippen LogP) is 4.26. The number of amides is 1. The van der Waals surface area contributed by atoms with Crippen molar-refractivity contribution in [2.45, 2.75) is 33.2 Å². The van der Waals surface area contributed by atoms with Crippen LogP contribution in [0.2, 0.25) is 0 Å². The van der Waals surface area contributed by atoms with Crippen molar-refractivity contribution in [2.24, 2.45) is 0 Å². The van der Waals surface area contributed by atoms with E-state index in [1.54, 1.807) is 15.6 Å². The summed E-state index contributed by atoms with van der Waals surface area (Å²) >= 11 is 4.96. The van der Waals surface area contributed by atoms with Crippen molar-refractivity contribution in [1.82, 2.24) is 14.3 Å². The first-order valence-electron chi connectivity index (χ1n) is 12.2. The lowest BCUT2D eigenvalue weighted by Gasteiger charge is -2.34. The number of benzene rings is 1. The number of nitrogens with zero attached hydrogens (tertiary/aromatic N) is 4. The van der Waals surface area contributed by atoms with Crippen LogP contribution in [0.3, 0.4) is 0 Å². The maximum atomic E-state index is 12.3. The number of sulfonamides is 1. The highest BCUT2D eigenvalue weighted by atomic mass is 79.9. The van der Waals surface area contributed by atoms with Gasteiger partial charge in [0, 0.05) is 64.9 Å². The lowest BCUT2D eigenvalue weighted by molar-refractivity contribution is -0.115. The fraction of sp³-hybridized carbons (Fsp3) is 0.400. The van der Waals surface area contributed by atoms with Crippen LogP contribution in [0.1, 0.15) is 29.5 Å². The van der Waals surface area contributed by atoms with Crippen molar-refractivity contribution in [1.29, 1.82) is 0 Å². The van der Waals surface area contributed by atoms with Crippen LogP contribution in [-0.4, -0.2) is 60.5 Å². The third kappa shape index (κ3) is 7.73. The second-order valence-corrected chi connectivity index (χ2v) is 12.9. The highest BCUT2D eigenvalue weighted by Gasteiger charge is 2.27. The van der Waals surface area contributed by atoms with Crippen molar-refractivity contribution < 1.29 is 13.2 Å². The average molecular weight is 608 g/mol. The monoisotopic (exact) mass is 606 g/mol. The number of rotatable bonds is 10. The molecule has 3 aromatic rings. The van der Waals surface area contributed by atoms with Crippen molar-refractivity contribution >= 4 is 60.7 Å². The van der Waals surface area contributed by atoms with Gasteiger partial charge in [0.25, 0.3) is 0 Å². The molecule has 1 amide bonds. The summed E-state index contributed by atoms with van der Waals surface area (Å²) in [6.07, 6.45) is 0.961.